The van der Waals surface area contributed by atoms with E-state index in [-0.39, 0.29) is 0 Å². The Kier molecular flexibility index (Phi) is 5.38. The van der Waals surface area contributed by atoms with Gasteiger partial charge in [0.15, 0.2) is 0 Å². The molecule has 2 nitrogen and oxygen atoms in total. The summed E-state index contributed by atoms with van der Waals surface area (Å²) in [5, 5.41) is 0. The van der Waals surface area contributed by atoms with Crippen molar-refractivity contribution in [1.29, 1.82) is 0 Å². The topological polar surface area (TPSA) is 29.3 Å². The van der Waals surface area contributed by atoms with Gasteiger partial charge in [-0.05, 0) is 53.1 Å². The lowest BCUT2D eigenvalue weighted by Gasteiger charge is -2.28. The Balaban J connectivity index is 2.03. The summed E-state index contributed by atoms with van der Waals surface area (Å²) in [7, 11) is 0. The van der Waals surface area contributed by atoms with Crippen molar-refractivity contribution in [2.75, 3.05) is 6.54 Å². The van der Waals surface area contributed by atoms with E-state index in [2.05, 4.69) is 51.8 Å². The highest BCUT2D eigenvalue weighted by Crippen LogP contribution is 2.24. The van der Waals surface area contributed by atoms with E-state index in [1.807, 2.05) is 0 Å². The number of nitrogens with zero attached hydrogens (tertiary/aromatic N) is 1. The normalized spacial score (nSPS) is 16.3. The highest BCUT2D eigenvalue weighted by atomic mass is 127. The fourth-order valence-electron chi connectivity index (χ4n) is 2.61. The number of hydrogen-bond donors (Lipinski definition) is 1. The van der Waals surface area contributed by atoms with Gasteiger partial charge in [0, 0.05) is 22.7 Å². The van der Waals surface area contributed by atoms with Crippen molar-refractivity contribution < 1.29 is 0 Å². The monoisotopic (exact) mass is 374 g/mol. The lowest BCUT2D eigenvalue weighted by Crippen LogP contribution is -2.38. The number of benzene rings is 1. The van der Waals surface area contributed by atoms with Gasteiger partial charge in [0.2, 0.25) is 0 Å². The molecule has 1 aromatic rings. The summed E-state index contributed by atoms with van der Waals surface area (Å²) >= 11 is 7.41. The van der Waals surface area contributed by atoms with Crippen LogP contribution in [-0.2, 0) is 6.54 Å². The van der Waals surface area contributed by atoms with Gasteiger partial charge >= 0.3 is 0 Å². The zero-order valence-electron chi connectivity index (χ0n) is 10.4. The Morgan fingerprint density at radius 1 is 1.28 bits per heavy atom. The smallest absolute Gasteiger partial charge is 0.0870 e. The van der Waals surface area contributed by atoms with Crippen LogP contribution in [0.25, 0.3) is 0 Å². The minimum atomic E-state index is 0.604. The zero-order valence-corrected chi connectivity index (χ0v) is 13.4. The molecule has 0 amide bonds. The molecule has 0 atom stereocenters. The molecule has 0 radical (unpaired) electrons. The molecule has 1 aliphatic rings. The van der Waals surface area contributed by atoms with Crippen molar-refractivity contribution in [3.63, 3.8) is 0 Å². The molecule has 0 heterocycles. The lowest BCUT2D eigenvalue weighted by molar-refractivity contribution is 0.219. The Hall–Kier alpha value is -0.200. The first kappa shape index (κ1) is 14.2. The lowest BCUT2D eigenvalue weighted by atomic mass is 10.1. The Morgan fingerprint density at radius 3 is 2.44 bits per heavy atom. The summed E-state index contributed by atoms with van der Waals surface area (Å²) in [5.41, 5.74) is 7.07. The highest BCUT2D eigenvalue weighted by molar-refractivity contribution is 14.1. The fourth-order valence-corrected chi connectivity index (χ4v) is 3.13. The molecule has 1 aliphatic carbocycles. The van der Waals surface area contributed by atoms with Gasteiger partial charge in [0.1, 0.15) is 0 Å². The van der Waals surface area contributed by atoms with Crippen LogP contribution >= 0.6 is 34.8 Å². The standard InChI is InChI=1S/C14H19IN2S/c15-12-7-5-11(6-8-12)9-17(10-14(16)18)13-3-1-2-4-13/h5-8,13H,1-4,9-10H2,(H2,16,18). The van der Waals surface area contributed by atoms with Crippen molar-refractivity contribution in [1.82, 2.24) is 4.90 Å². The first-order valence-electron chi connectivity index (χ1n) is 6.42. The molecule has 1 saturated carbocycles. The van der Waals surface area contributed by atoms with Gasteiger partial charge in [-0.2, -0.15) is 0 Å². The quantitative estimate of drug-likeness (QED) is 0.633. The maximum absolute atomic E-state index is 5.73. The van der Waals surface area contributed by atoms with E-state index in [0.717, 1.165) is 13.1 Å². The first-order chi connectivity index (χ1) is 8.65. The van der Waals surface area contributed by atoms with Crippen LogP contribution in [0.1, 0.15) is 31.2 Å². The highest BCUT2D eigenvalue weighted by Gasteiger charge is 2.22. The van der Waals surface area contributed by atoms with Crippen LogP contribution in [-0.4, -0.2) is 22.5 Å². The Labute approximate surface area is 128 Å². The van der Waals surface area contributed by atoms with Crippen LogP contribution in [0.4, 0.5) is 0 Å². The average Bonchev–Trinajstić information content (AvgIpc) is 2.84. The average molecular weight is 374 g/mol. The molecule has 0 bridgehead atoms. The second-order valence-electron chi connectivity index (χ2n) is 4.94. The summed E-state index contributed by atoms with van der Waals surface area (Å²) in [6.07, 6.45) is 5.25. The van der Waals surface area contributed by atoms with Crippen LogP contribution < -0.4 is 5.73 Å². The SMILES string of the molecule is NC(=S)CN(Cc1ccc(I)cc1)C1CCCC1. The zero-order chi connectivity index (χ0) is 13.0. The molecule has 0 unspecified atom stereocenters. The van der Waals surface area contributed by atoms with Crippen LogP contribution in [0, 0.1) is 3.57 Å². The largest absolute Gasteiger partial charge is 0.392 e. The van der Waals surface area contributed by atoms with Gasteiger partial charge in [-0.1, -0.05) is 37.2 Å². The van der Waals surface area contributed by atoms with Crippen LogP contribution in [0.2, 0.25) is 0 Å². The van der Waals surface area contributed by atoms with Crippen molar-refractivity contribution in [3.8, 4) is 0 Å². The number of halogens is 1. The van der Waals surface area contributed by atoms with Crippen molar-refractivity contribution in [2.24, 2.45) is 5.73 Å². The van der Waals surface area contributed by atoms with E-state index < -0.39 is 0 Å². The Morgan fingerprint density at radius 2 is 1.89 bits per heavy atom. The number of rotatable bonds is 5. The van der Waals surface area contributed by atoms with Crippen molar-refractivity contribution in [2.45, 2.75) is 38.3 Å². The number of thiocarbonyl (C=S) groups is 1. The molecule has 0 aromatic heterocycles. The van der Waals surface area contributed by atoms with Gasteiger partial charge in [0.05, 0.1) is 4.99 Å². The van der Waals surface area contributed by atoms with Crippen LogP contribution in [0.3, 0.4) is 0 Å². The van der Waals surface area contributed by atoms with E-state index in [4.69, 9.17) is 18.0 Å². The first-order valence-corrected chi connectivity index (χ1v) is 7.90. The number of nitrogens with two attached hydrogens (primary N) is 1. The predicted molar refractivity (Wildman–Crippen MR) is 88.6 cm³/mol. The van der Waals surface area contributed by atoms with Gasteiger partial charge in [-0.15, -0.1) is 0 Å². The van der Waals surface area contributed by atoms with Gasteiger partial charge in [-0.25, -0.2) is 0 Å². The summed E-state index contributed by atoms with van der Waals surface area (Å²) in [6, 6.07) is 9.37. The Bertz CT molecular complexity index is 399. The second-order valence-corrected chi connectivity index (χ2v) is 6.71. The number of hydrogen-bond acceptors (Lipinski definition) is 2. The van der Waals surface area contributed by atoms with Crippen LogP contribution in [0.15, 0.2) is 24.3 Å². The second kappa shape index (κ2) is 6.82. The third-order valence-corrected chi connectivity index (χ3v) is 4.35. The molecule has 4 heteroatoms. The van der Waals surface area contributed by atoms with Gasteiger partial charge in [0.25, 0.3) is 0 Å². The molecule has 2 N–H and O–H groups in total. The van der Waals surface area contributed by atoms with Crippen molar-refractivity contribution >= 4 is 39.8 Å². The van der Waals surface area contributed by atoms with Crippen molar-refractivity contribution in [3.05, 3.63) is 33.4 Å². The molecule has 1 aromatic carbocycles. The molecule has 0 saturated heterocycles. The van der Waals surface area contributed by atoms with E-state index in [0.29, 0.717) is 11.0 Å². The maximum atomic E-state index is 5.73. The third-order valence-electron chi connectivity index (χ3n) is 3.50. The fraction of sp³-hybridized carbons (Fsp3) is 0.500. The van der Waals surface area contributed by atoms with E-state index in [1.54, 1.807) is 0 Å². The van der Waals surface area contributed by atoms with E-state index in [9.17, 15) is 0 Å². The molecule has 18 heavy (non-hydrogen) atoms. The molecule has 1 fully saturated rings. The predicted octanol–water partition coefficient (Wildman–Crippen LogP) is 3.32. The van der Waals surface area contributed by atoms with E-state index >= 15 is 0 Å². The summed E-state index contributed by atoms with van der Waals surface area (Å²) in [5.74, 6) is 0. The molecular formula is C14H19IN2S. The summed E-state index contributed by atoms with van der Waals surface area (Å²) < 4.78 is 1.28. The maximum Gasteiger partial charge on any atom is 0.0870 e. The van der Waals surface area contributed by atoms with Crippen LogP contribution in [0.5, 0.6) is 0 Å². The minimum Gasteiger partial charge on any atom is -0.392 e. The molecule has 2 rings (SSSR count). The third kappa shape index (κ3) is 4.17. The molecule has 0 aliphatic heterocycles. The molecule has 98 valence electrons. The summed E-state index contributed by atoms with van der Waals surface area (Å²) in [6.45, 7) is 1.70. The molecule has 0 spiro atoms. The van der Waals surface area contributed by atoms with Gasteiger partial charge in [-0.3, -0.25) is 4.90 Å². The summed E-state index contributed by atoms with van der Waals surface area (Å²) in [4.78, 5) is 3.05. The van der Waals surface area contributed by atoms with Gasteiger partial charge < -0.3 is 5.73 Å². The molecular weight excluding hydrogens is 355 g/mol. The van der Waals surface area contributed by atoms with E-state index in [1.165, 1.54) is 34.8 Å². The minimum absolute atomic E-state index is 0.604.